The zero-order valence-electron chi connectivity index (χ0n) is 6.15. The summed E-state index contributed by atoms with van der Waals surface area (Å²) in [5.41, 5.74) is 0.00713. The number of carbonyl (C=O) groups excluding carboxylic acids is 1. The van der Waals surface area contributed by atoms with Crippen molar-refractivity contribution >= 4 is 24.2 Å². The summed E-state index contributed by atoms with van der Waals surface area (Å²) in [7, 11) is 0. The van der Waals surface area contributed by atoms with Gasteiger partial charge in [-0.25, -0.2) is 0 Å². The highest BCUT2D eigenvalue weighted by Gasteiger charge is 2.23. The number of nitrogens with one attached hydrogen (secondary N) is 1. The van der Waals surface area contributed by atoms with Crippen molar-refractivity contribution in [3.05, 3.63) is 24.3 Å². The lowest BCUT2D eigenvalue weighted by Gasteiger charge is -2.21. The van der Waals surface area contributed by atoms with Crippen LogP contribution in [-0.4, -0.2) is 11.3 Å². The summed E-state index contributed by atoms with van der Waals surface area (Å²) in [6.45, 7) is 0. The third-order valence-corrected chi connectivity index (χ3v) is 1.95. The van der Waals surface area contributed by atoms with Crippen LogP contribution in [0.2, 0.25) is 0 Å². The maximum Gasteiger partial charge on any atom is 0.275 e. The summed E-state index contributed by atoms with van der Waals surface area (Å²) in [6, 6.07) is 7.25. The molecule has 1 aliphatic heterocycles. The van der Waals surface area contributed by atoms with Crippen molar-refractivity contribution in [1.82, 2.24) is 0 Å². The quantitative estimate of drug-likeness (QED) is 0.591. The molecule has 1 aliphatic rings. The number of thiol groups is 1. The van der Waals surface area contributed by atoms with Crippen molar-refractivity contribution in [2.24, 2.45) is 0 Å². The summed E-state index contributed by atoms with van der Waals surface area (Å²) in [5.74, 6) is 0.439. The van der Waals surface area contributed by atoms with Gasteiger partial charge in [-0.15, -0.1) is 12.6 Å². The number of ether oxygens (including phenoxy) is 1. The molecule has 0 fully saturated rings. The van der Waals surface area contributed by atoms with E-state index >= 15 is 0 Å². The fraction of sp³-hybridized carbons (Fsp3) is 0.125. The van der Waals surface area contributed by atoms with Gasteiger partial charge in [0, 0.05) is 0 Å². The summed E-state index contributed by atoms with van der Waals surface area (Å²) in [6.07, 6.45) is 0. The van der Waals surface area contributed by atoms with Crippen LogP contribution >= 0.6 is 12.6 Å². The molecular formula is C8H7NO2S. The second-order valence-electron chi connectivity index (χ2n) is 2.46. The Balaban J connectivity index is 2.40. The van der Waals surface area contributed by atoms with Gasteiger partial charge in [-0.2, -0.15) is 0 Å². The maximum atomic E-state index is 11.0. The van der Waals surface area contributed by atoms with Crippen LogP contribution in [0.4, 0.5) is 5.69 Å². The Hall–Kier alpha value is -1.16. The van der Waals surface area contributed by atoms with Gasteiger partial charge in [0.25, 0.3) is 5.91 Å². The van der Waals surface area contributed by atoms with Crippen molar-refractivity contribution in [3.63, 3.8) is 0 Å². The van der Waals surface area contributed by atoms with Crippen LogP contribution in [0.25, 0.3) is 0 Å². The van der Waals surface area contributed by atoms with E-state index in [9.17, 15) is 4.79 Å². The molecule has 0 spiro atoms. The first-order valence-electron chi connectivity index (χ1n) is 3.52. The van der Waals surface area contributed by atoms with E-state index in [1.165, 1.54) is 0 Å². The van der Waals surface area contributed by atoms with Crippen LogP contribution in [0, 0.1) is 0 Å². The van der Waals surface area contributed by atoms with E-state index in [1.54, 1.807) is 12.1 Å². The van der Waals surface area contributed by atoms with Crippen molar-refractivity contribution in [2.45, 2.75) is 5.44 Å². The number of para-hydroxylation sites is 2. The molecule has 0 bridgehead atoms. The Labute approximate surface area is 75.1 Å². The average Bonchev–Trinajstić information content (AvgIpc) is 2.07. The van der Waals surface area contributed by atoms with E-state index in [0.717, 1.165) is 0 Å². The molecule has 0 saturated carbocycles. The highest BCUT2D eigenvalue weighted by Crippen LogP contribution is 2.29. The average molecular weight is 181 g/mol. The molecule has 1 aromatic carbocycles. The van der Waals surface area contributed by atoms with Crippen LogP contribution in [0.1, 0.15) is 0 Å². The Morgan fingerprint density at radius 3 is 3.00 bits per heavy atom. The van der Waals surface area contributed by atoms with Gasteiger partial charge in [0.15, 0.2) is 0 Å². The minimum absolute atomic E-state index is 0.225. The van der Waals surface area contributed by atoms with Gasteiger partial charge in [0.2, 0.25) is 5.44 Å². The fourth-order valence-corrected chi connectivity index (χ4v) is 1.22. The number of hydrogen-bond acceptors (Lipinski definition) is 3. The summed E-state index contributed by atoms with van der Waals surface area (Å²) in [5, 5.41) is 2.67. The Kier molecular flexibility index (Phi) is 1.69. The standard InChI is InChI=1S/C8H7NO2S/c10-7-8(12)11-6-4-2-1-3-5(6)9-7/h1-4,8,12H,(H,9,10). The maximum absolute atomic E-state index is 11.0. The van der Waals surface area contributed by atoms with Gasteiger partial charge in [0.1, 0.15) is 5.75 Å². The van der Waals surface area contributed by atoms with Crippen LogP contribution in [0.5, 0.6) is 5.75 Å². The normalized spacial score (nSPS) is 20.8. The van der Waals surface area contributed by atoms with Gasteiger partial charge in [0.05, 0.1) is 5.69 Å². The first-order valence-corrected chi connectivity index (χ1v) is 4.03. The van der Waals surface area contributed by atoms with E-state index in [2.05, 4.69) is 17.9 Å². The smallest absolute Gasteiger partial charge is 0.275 e. The molecule has 1 N–H and O–H groups in total. The zero-order valence-corrected chi connectivity index (χ0v) is 7.04. The summed E-state index contributed by atoms with van der Waals surface area (Å²) in [4.78, 5) is 11.0. The van der Waals surface area contributed by atoms with E-state index in [4.69, 9.17) is 4.74 Å². The molecular weight excluding hydrogens is 174 g/mol. The van der Waals surface area contributed by atoms with Crippen molar-refractivity contribution in [2.75, 3.05) is 5.32 Å². The Morgan fingerprint density at radius 1 is 1.42 bits per heavy atom. The second-order valence-corrected chi connectivity index (χ2v) is 2.92. The molecule has 1 amide bonds. The number of hydrogen-bond donors (Lipinski definition) is 2. The lowest BCUT2D eigenvalue weighted by Crippen LogP contribution is -2.32. The third-order valence-electron chi connectivity index (χ3n) is 1.61. The zero-order chi connectivity index (χ0) is 8.55. The lowest BCUT2D eigenvalue weighted by atomic mass is 10.2. The highest BCUT2D eigenvalue weighted by molar-refractivity contribution is 7.81. The van der Waals surface area contributed by atoms with E-state index < -0.39 is 5.44 Å². The van der Waals surface area contributed by atoms with Crippen molar-refractivity contribution in [1.29, 1.82) is 0 Å². The first-order chi connectivity index (χ1) is 5.77. The SMILES string of the molecule is O=C1Nc2ccccc2OC1S. The van der Waals surface area contributed by atoms with Gasteiger partial charge in [-0.1, -0.05) is 12.1 Å². The minimum Gasteiger partial charge on any atom is -0.468 e. The highest BCUT2D eigenvalue weighted by atomic mass is 32.1. The summed E-state index contributed by atoms with van der Waals surface area (Å²) >= 11 is 3.95. The molecule has 2 rings (SSSR count). The molecule has 1 heterocycles. The van der Waals surface area contributed by atoms with E-state index in [1.807, 2.05) is 12.1 Å². The van der Waals surface area contributed by atoms with E-state index in [-0.39, 0.29) is 5.91 Å². The molecule has 1 aromatic rings. The number of benzene rings is 1. The predicted molar refractivity (Wildman–Crippen MR) is 48.5 cm³/mol. The summed E-state index contributed by atoms with van der Waals surface area (Å²) < 4.78 is 5.20. The molecule has 0 aromatic heterocycles. The molecule has 3 nitrogen and oxygen atoms in total. The largest absolute Gasteiger partial charge is 0.468 e. The number of fused-ring (bicyclic) bond motifs is 1. The van der Waals surface area contributed by atoms with Gasteiger partial charge in [-0.3, -0.25) is 4.79 Å². The molecule has 12 heavy (non-hydrogen) atoms. The molecule has 0 aliphatic carbocycles. The Morgan fingerprint density at radius 2 is 2.17 bits per heavy atom. The molecule has 4 heteroatoms. The molecule has 62 valence electrons. The van der Waals surface area contributed by atoms with E-state index in [0.29, 0.717) is 11.4 Å². The molecule has 0 radical (unpaired) electrons. The topological polar surface area (TPSA) is 38.3 Å². The molecule has 1 atom stereocenters. The van der Waals surface area contributed by atoms with Crippen LogP contribution in [-0.2, 0) is 4.79 Å². The molecule has 1 unspecified atom stereocenters. The van der Waals surface area contributed by atoms with Crippen LogP contribution in [0.3, 0.4) is 0 Å². The molecule has 0 saturated heterocycles. The third kappa shape index (κ3) is 1.14. The number of carbonyl (C=O) groups is 1. The monoisotopic (exact) mass is 181 g/mol. The van der Waals surface area contributed by atoms with Crippen LogP contribution in [0.15, 0.2) is 24.3 Å². The minimum atomic E-state index is -0.695. The predicted octanol–water partition coefficient (Wildman–Crippen LogP) is 1.27. The number of rotatable bonds is 0. The van der Waals surface area contributed by atoms with Crippen LogP contribution < -0.4 is 10.1 Å². The lowest BCUT2D eigenvalue weighted by molar-refractivity contribution is -0.119. The second kappa shape index (κ2) is 2.71. The van der Waals surface area contributed by atoms with Crippen molar-refractivity contribution < 1.29 is 9.53 Å². The van der Waals surface area contributed by atoms with Gasteiger partial charge >= 0.3 is 0 Å². The van der Waals surface area contributed by atoms with Gasteiger partial charge < -0.3 is 10.1 Å². The van der Waals surface area contributed by atoms with Gasteiger partial charge in [-0.05, 0) is 12.1 Å². The van der Waals surface area contributed by atoms with Crippen molar-refractivity contribution in [3.8, 4) is 5.75 Å². The number of anilines is 1. The fourth-order valence-electron chi connectivity index (χ4n) is 1.04. The Bertz CT molecular complexity index is 327. The first kappa shape index (κ1) is 7.49. The number of amides is 1.